The third-order valence-electron chi connectivity index (χ3n) is 5.46. The number of nitrogens with zero attached hydrogens (tertiary/aromatic N) is 2. The molecule has 8 heteroatoms. The van der Waals surface area contributed by atoms with E-state index in [2.05, 4.69) is 32.7 Å². The van der Waals surface area contributed by atoms with Gasteiger partial charge in [0.2, 0.25) is 11.8 Å². The monoisotopic (exact) mass is 426 g/mol. The Labute approximate surface area is 182 Å². The standard InChI is InChI=1S/C23H30N4O4/c1-31-21-11-9-17(15-26-21)19(23(29)30)12-14-24-20(28)7-3-2-6-18-10-8-16-5-4-13-25-22(16)27-18/h8-11,15,19H,2-7,12-14H2,1H3,(H,24,28)(H,25,27)(H,29,30). The molecule has 1 atom stereocenters. The lowest BCUT2D eigenvalue weighted by molar-refractivity contribution is -0.139. The molecule has 0 bridgehead atoms. The Morgan fingerprint density at radius 3 is 2.87 bits per heavy atom. The predicted octanol–water partition coefficient (Wildman–Crippen LogP) is 2.93. The van der Waals surface area contributed by atoms with E-state index in [1.807, 2.05) is 0 Å². The van der Waals surface area contributed by atoms with Crippen molar-refractivity contribution in [2.45, 2.75) is 50.9 Å². The number of ether oxygens (including phenoxy) is 1. The zero-order valence-electron chi connectivity index (χ0n) is 17.9. The van der Waals surface area contributed by atoms with Gasteiger partial charge in [0.1, 0.15) is 5.82 Å². The minimum atomic E-state index is -0.937. The van der Waals surface area contributed by atoms with E-state index in [1.54, 1.807) is 12.1 Å². The molecule has 0 fully saturated rings. The number of fused-ring (bicyclic) bond motifs is 1. The maximum atomic E-state index is 12.1. The van der Waals surface area contributed by atoms with Gasteiger partial charge in [0.15, 0.2) is 0 Å². The number of aromatic nitrogens is 2. The first-order chi connectivity index (χ1) is 15.1. The summed E-state index contributed by atoms with van der Waals surface area (Å²) < 4.78 is 5.00. The number of carboxylic acids is 1. The highest BCUT2D eigenvalue weighted by molar-refractivity contribution is 5.77. The number of carboxylic acid groups (broad SMARTS) is 1. The molecule has 166 valence electrons. The van der Waals surface area contributed by atoms with Gasteiger partial charge in [-0.05, 0) is 55.7 Å². The Balaban J connectivity index is 1.36. The lowest BCUT2D eigenvalue weighted by Gasteiger charge is -2.17. The fourth-order valence-electron chi connectivity index (χ4n) is 3.70. The van der Waals surface area contributed by atoms with Crippen LogP contribution in [0.15, 0.2) is 30.5 Å². The molecule has 1 aliphatic heterocycles. The van der Waals surface area contributed by atoms with E-state index in [0.717, 1.165) is 50.2 Å². The van der Waals surface area contributed by atoms with Crippen molar-refractivity contribution < 1.29 is 19.4 Å². The minimum absolute atomic E-state index is 0.0583. The van der Waals surface area contributed by atoms with E-state index in [9.17, 15) is 14.7 Å². The minimum Gasteiger partial charge on any atom is -0.481 e. The molecule has 31 heavy (non-hydrogen) atoms. The lowest BCUT2D eigenvalue weighted by atomic mass is 9.97. The molecule has 0 saturated carbocycles. The van der Waals surface area contributed by atoms with Gasteiger partial charge < -0.3 is 20.5 Å². The van der Waals surface area contributed by atoms with Gasteiger partial charge in [-0.3, -0.25) is 9.59 Å². The smallest absolute Gasteiger partial charge is 0.311 e. The number of carbonyl (C=O) groups is 2. The Morgan fingerprint density at radius 2 is 2.13 bits per heavy atom. The normalized spacial score (nSPS) is 13.6. The Kier molecular flexibility index (Phi) is 8.20. The van der Waals surface area contributed by atoms with Crippen molar-refractivity contribution in [2.75, 3.05) is 25.5 Å². The molecule has 2 aromatic heterocycles. The topological polar surface area (TPSA) is 113 Å². The van der Waals surface area contributed by atoms with Gasteiger partial charge >= 0.3 is 5.97 Å². The number of hydrogen-bond donors (Lipinski definition) is 3. The van der Waals surface area contributed by atoms with Gasteiger partial charge in [-0.25, -0.2) is 9.97 Å². The quantitative estimate of drug-likeness (QED) is 0.474. The molecule has 0 radical (unpaired) electrons. The Hall–Kier alpha value is -3.16. The van der Waals surface area contributed by atoms with Crippen LogP contribution in [0.2, 0.25) is 0 Å². The Bertz CT molecular complexity index is 886. The van der Waals surface area contributed by atoms with Crippen molar-refractivity contribution >= 4 is 17.7 Å². The molecule has 2 aromatic rings. The third kappa shape index (κ3) is 6.67. The van der Waals surface area contributed by atoms with Crippen LogP contribution >= 0.6 is 0 Å². The number of rotatable bonds is 11. The number of unbranched alkanes of at least 4 members (excludes halogenated alkanes) is 1. The first-order valence-electron chi connectivity index (χ1n) is 10.8. The van der Waals surface area contributed by atoms with E-state index >= 15 is 0 Å². The number of nitrogens with one attached hydrogen (secondary N) is 2. The Morgan fingerprint density at radius 1 is 1.26 bits per heavy atom. The van der Waals surface area contributed by atoms with Crippen LogP contribution in [-0.4, -0.2) is 47.2 Å². The van der Waals surface area contributed by atoms with Crippen molar-refractivity contribution in [2.24, 2.45) is 0 Å². The fraction of sp³-hybridized carbons (Fsp3) is 0.478. The molecule has 0 aromatic carbocycles. The highest BCUT2D eigenvalue weighted by Gasteiger charge is 2.20. The zero-order chi connectivity index (χ0) is 22.1. The molecule has 1 aliphatic rings. The third-order valence-corrected chi connectivity index (χ3v) is 5.46. The maximum absolute atomic E-state index is 12.1. The average Bonchev–Trinajstić information content (AvgIpc) is 2.79. The molecule has 3 N–H and O–H groups in total. The SMILES string of the molecule is COc1ccc(C(CCNC(=O)CCCCc2ccc3c(n2)NCCC3)C(=O)O)cn1. The first kappa shape index (κ1) is 22.5. The van der Waals surface area contributed by atoms with Gasteiger partial charge in [-0.2, -0.15) is 0 Å². The second-order valence-corrected chi connectivity index (χ2v) is 7.71. The van der Waals surface area contributed by atoms with E-state index in [1.165, 1.54) is 18.9 Å². The molecular weight excluding hydrogens is 396 g/mol. The molecule has 1 amide bonds. The number of aliphatic carboxylic acids is 1. The molecule has 0 saturated heterocycles. The summed E-state index contributed by atoms with van der Waals surface area (Å²) in [5, 5.41) is 15.7. The fourth-order valence-corrected chi connectivity index (χ4v) is 3.70. The summed E-state index contributed by atoms with van der Waals surface area (Å²) >= 11 is 0. The largest absolute Gasteiger partial charge is 0.481 e. The summed E-state index contributed by atoms with van der Waals surface area (Å²) in [4.78, 5) is 32.4. The summed E-state index contributed by atoms with van der Waals surface area (Å²) in [6.07, 6.45) is 6.95. The molecule has 3 heterocycles. The highest BCUT2D eigenvalue weighted by Crippen LogP contribution is 2.21. The van der Waals surface area contributed by atoms with Crippen LogP contribution in [0.25, 0.3) is 0 Å². The van der Waals surface area contributed by atoms with Crippen LogP contribution in [0.1, 0.15) is 54.8 Å². The number of pyridine rings is 2. The second kappa shape index (κ2) is 11.3. The first-order valence-corrected chi connectivity index (χ1v) is 10.8. The van der Waals surface area contributed by atoms with Crippen molar-refractivity contribution in [3.63, 3.8) is 0 Å². The van der Waals surface area contributed by atoms with Crippen molar-refractivity contribution in [3.8, 4) is 5.88 Å². The summed E-state index contributed by atoms with van der Waals surface area (Å²) in [6, 6.07) is 7.55. The van der Waals surface area contributed by atoms with Crippen LogP contribution in [0.3, 0.4) is 0 Å². The molecular formula is C23H30N4O4. The number of anilines is 1. The molecule has 1 unspecified atom stereocenters. The highest BCUT2D eigenvalue weighted by atomic mass is 16.5. The summed E-state index contributed by atoms with van der Waals surface area (Å²) in [7, 11) is 1.51. The number of aryl methyl sites for hydroxylation is 2. The van der Waals surface area contributed by atoms with Crippen molar-refractivity contribution in [1.29, 1.82) is 0 Å². The zero-order valence-corrected chi connectivity index (χ0v) is 17.9. The summed E-state index contributed by atoms with van der Waals surface area (Å²) in [6.45, 7) is 1.28. The van der Waals surface area contributed by atoms with Crippen LogP contribution in [0.5, 0.6) is 5.88 Å². The molecule has 0 spiro atoms. The molecule has 8 nitrogen and oxygen atoms in total. The average molecular weight is 427 g/mol. The number of amides is 1. The molecule has 3 rings (SSSR count). The lowest BCUT2D eigenvalue weighted by Crippen LogP contribution is -2.27. The summed E-state index contributed by atoms with van der Waals surface area (Å²) in [5.41, 5.74) is 2.92. The van der Waals surface area contributed by atoms with Crippen molar-refractivity contribution in [3.05, 3.63) is 47.3 Å². The van der Waals surface area contributed by atoms with Gasteiger partial charge in [0, 0.05) is 37.5 Å². The van der Waals surface area contributed by atoms with E-state index in [0.29, 0.717) is 30.8 Å². The molecule has 0 aliphatic carbocycles. The van der Waals surface area contributed by atoms with Gasteiger partial charge in [0.25, 0.3) is 0 Å². The number of hydrogen-bond acceptors (Lipinski definition) is 6. The van der Waals surface area contributed by atoms with E-state index in [-0.39, 0.29) is 5.91 Å². The van der Waals surface area contributed by atoms with Gasteiger partial charge in [-0.1, -0.05) is 12.1 Å². The number of methoxy groups -OCH3 is 1. The van der Waals surface area contributed by atoms with Crippen molar-refractivity contribution in [1.82, 2.24) is 15.3 Å². The van der Waals surface area contributed by atoms with Gasteiger partial charge in [0.05, 0.1) is 13.0 Å². The van der Waals surface area contributed by atoms with Crippen LogP contribution in [0.4, 0.5) is 5.82 Å². The predicted molar refractivity (Wildman–Crippen MR) is 117 cm³/mol. The summed E-state index contributed by atoms with van der Waals surface area (Å²) in [5.74, 6) is -0.280. The maximum Gasteiger partial charge on any atom is 0.311 e. The van der Waals surface area contributed by atoms with E-state index in [4.69, 9.17) is 4.74 Å². The number of carbonyl (C=O) groups excluding carboxylic acids is 1. The van der Waals surface area contributed by atoms with E-state index < -0.39 is 11.9 Å². The van der Waals surface area contributed by atoms with Crippen LogP contribution < -0.4 is 15.4 Å². The van der Waals surface area contributed by atoms with Crippen LogP contribution in [0, 0.1) is 0 Å². The van der Waals surface area contributed by atoms with Gasteiger partial charge in [-0.15, -0.1) is 0 Å². The second-order valence-electron chi connectivity index (χ2n) is 7.71. The van der Waals surface area contributed by atoms with Crippen LogP contribution in [-0.2, 0) is 22.4 Å².